The first-order valence-corrected chi connectivity index (χ1v) is 6.96. The van der Waals surface area contributed by atoms with Crippen LogP contribution in [0.4, 0.5) is 11.4 Å². The quantitative estimate of drug-likeness (QED) is 0.879. The van der Waals surface area contributed by atoms with Crippen LogP contribution in [0.3, 0.4) is 0 Å². The Morgan fingerprint density at radius 3 is 2.94 bits per heavy atom. The molecule has 4 heteroatoms. The van der Waals surface area contributed by atoms with E-state index in [4.69, 9.17) is 11.6 Å². The van der Waals surface area contributed by atoms with Crippen LogP contribution >= 0.6 is 11.6 Å². The highest BCUT2D eigenvalue weighted by Crippen LogP contribution is 2.32. The highest BCUT2D eigenvalue weighted by atomic mass is 35.5. The zero-order valence-corrected chi connectivity index (χ0v) is 11.9. The van der Waals surface area contributed by atoms with Crippen LogP contribution < -0.4 is 15.5 Å². The normalized spacial score (nSPS) is 19.6. The number of halogens is 1. The van der Waals surface area contributed by atoms with Gasteiger partial charge < -0.3 is 15.5 Å². The standard InChI is InChI=1S/C14H22ClN3/c1-18(2)14-12(15)6-3-7-13(14)17-10-11-5-4-8-16-9-11/h3,6-7,11,16-17H,4-5,8-10H2,1-2H3. The lowest BCUT2D eigenvalue weighted by molar-refractivity contribution is 0.393. The molecular weight excluding hydrogens is 246 g/mol. The lowest BCUT2D eigenvalue weighted by Crippen LogP contribution is -2.33. The molecule has 3 nitrogen and oxygen atoms in total. The van der Waals surface area contributed by atoms with Crippen molar-refractivity contribution in [2.75, 3.05) is 43.9 Å². The van der Waals surface area contributed by atoms with Crippen molar-refractivity contribution < 1.29 is 0 Å². The van der Waals surface area contributed by atoms with E-state index in [-0.39, 0.29) is 0 Å². The van der Waals surface area contributed by atoms with Crippen molar-refractivity contribution in [1.82, 2.24) is 5.32 Å². The van der Waals surface area contributed by atoms with E-state index in [0.717, 1.165) is 36.0 Å². The predicted molar refractivity (Wildman–Crippen MR) is 79.9 cm³/mol. The van der Waals surface area contributed by atoms with Crippen molar-refractivity contribution in [2.45, 2.75) is 12.8 Å². The summed E-state index contributed by atoms with van der Waals surface area (Å²) in [4.78, 5) is 2.06. The summed E-state index contributed by atoms with van der Waals surface area (Å²) in [5.41, 5.74) is 2.20. The Morgan fingerprint density at radius 1 is 1.44 bits per heavy atom. The molecule has 1 heterocycles. The Labute approximate surface area is 115 Å². The predicted octanol–water partition coefficient (Wildman–Crippen LogP) is 2.82. The minimum Gasteiger partial charge on any atom is -0.383 e. The molecule has 0 amide bonds. The van der Waals surface area contributed by atoms with Crippen molar-refractivity contribution in [3.05, 3.63) is 23.2 Å². The molecule has 0 saturated carbocycles. The van der Waals surface area contributed by atoms with Crippen molar-refractivity contribution in [2.24, 2.45) is 5.92 Å². The molecule has 0 radical (unpaired) electrons. The molecule has 1 saturated heterocycles. The number of piperidine rings is 1. The molecule has 2 N–H and O–H groups in total. The Balaban J connectivity index is 2.02. The smallest absolute Gasteiger partial charge is 0.0786 e. The third-order valence-electron chi connectivity index (χ3n) is 3.41. The van der Waals surface area contributed by atoms with E-state index >= 15 is 0 Å². The van der Waals surface area contributed by atoms with Gasteiger partial charge in [0.25, 0.3) is 0 Å². The van der Waals surface area contributed by atoms with Gasteiger partial charge in [-0.15, -0.1) is 0 Å². The Hall–Kier alpha value is -0.930. The lowest BCUT2D eigenvalue weighted by Gasteiger charge is -2.25. The molecule has 0 aliphatic carbocycles. The molecule has 1 atom stereocenters. The topological polar surface area (TPSA) is 27.3 Å². The van der Waals surface area contributed by atoms with Crippen LogP contribution in [0.1, 0.15) is 12.8 Å². The second-order valence-electron chi connectivity index (χ2n) is 5.12. The molecule has 1 aromatic carbocycles. The summed E-state index contributed by atoms with van der Waals surface area (Å²) in [6, 6.07) is 6.03. The summed E-state index contributed by atoms with van der Waals surface area (Å²) in [5, 5.41) is 7.78. The number of nitrogens with one attached hydrogen (secondary N) is 2. The maximum absolute atomic E-state index is 6.25. The van der Waals surface area contributed by atoms with Crippen molar-refractivity contribution in [3.8, 4) is 0 Å². The van der Waals surface area contributed by atoms with E-state index < -0.39 is 0 Å². The van der Waals surface area contributed by atoms with Crippen molar-refractivity contribution in [1.29, 1.82) is 0 Å². The SMILES string of the molecule is CN(C)c1c(Cl)cccc1NCC1CCCNC1. The molecule has 0 aromatic heterocycles. The van der Waals surface area contributed by atoms with E-state index in [1.54, 1.807) is 0 Å². The molecule has 1 fully saturated rings. The van der Waals surface area contributed by atoms with Crippen LogP contribution in [-0.2, 0) is 0 Å². The maximum Gasteiger partial charge on any atom is 0.0786 e. The van der Waals surface area contributed by atoms with Crippen LogP contribution in [0.25, 0.3) is 0 Å². The van der Waals surface area contributed by atoms with E-state index in [1.165, 1.54) is 12.8 Å². The second-order valence-corrected chi connectivity index (χ2v) is 5.53. The molecule has 0 spiro atoms. The first kappa shape index (κ1) is 13.5. The third kappa shape index (κ3) is 3.30. The Bertz CT molecular complexity index is 387. The molecule has 0 bridgehead atoms. The number of hydrogen-bond donors (Lipinski definition) is 2. The molecule has 1 aromatic rings. The third-order valence-corrected chi connectivity index (χ3v) is 3.72. The Kier molecular flexibility index (Phi) is 4.72. The molecule has 2 rings (SSSR count). The van der Waals surface area contributed by atoms with Crippen LogP contribution in [0.2, 0.25) is 5.02 Å². The van der Waals surface area contributed by atoms with Gasteiger partial charge in [0.1, 0.15) is 0 Å². The summed E-state index contributed by atoms with van der Waals surface area (Å²) in [6.07, 6.45) is 2.58. The number of rotatable bonds is 4. The molecule has 1 aliphatic heterocycles. The van der Waals surface area contributed by atoms with Crippen LogP contribution in [0, 0.1) is 5.92 Å². The average Bonchev–Trinajstić information content (AvgIpc) is 2.37. The fourth-order valence-corrected chi connectivity index (χ4v) is 2.81. The first-order chi connectivity index (χ1) is 8.68. The van der Waals surface area contributed by atoms with Crippen LogP contribution in [0.5, 0.6) is 0 Å². The second kappa shape index (κ2) is 6.30. The zero-order chi connectivity index (χ0) is 13.0. The zero-order valence-electron chi connectivity index (χ0n) is 11.2. The summed E-state index contributed by atoms with van der Waals surface area (Å²) in [5.74, 6) is 0.716. The lowest BCUT2D eigenvalue weighted by atomic mass is 9.99. The largest absolute Gasteiger partial charge is 0.383 e. The number of benzene rings is 1. The highest BCUT2D eigenvalue weighted by molar-refractivity contribution is 6.34. The molecule has 100 valence electrons. The van der Waals surface area contributed by atoms with Gasteiger partial charge in [-0.1, -0.05) is 17.7 Å². The molecule has 18 heavy (non-hydrogen) atoms. The molecule has 1 unspecified atom stereocenters. The van der Waals surface area contributed by atoms with E-state index in [1.807, 2.05) is 26.2 Å². The van der Waals surface area contributed by atoms with Gasteiger partial charge in [0, 0.05) is 20.6 Å². The highest BCUT2D eigenvalue weighted by Gasteiger charge is 2.14. The number of para-hydroxylation sites is 1. The Morgan fingerprint density at radius 2 is 2.28 bits per heavy atom. The summed E-state index contributed by atoms with van der Waals surface area (Å²) in [6.45, 7) is 3.29. The van der Waals surface area contributed by atoms with Gasteiger partial charge in [-0.25, -0.2) is 0 Å². The number of anilines is 2. The average molecular weight is 268 g/mol. The minimum absolute atomic E-state index is 0.716. The molecular formula is C14H22ClN3. The van der Waals surface area contributed by atoms with E-state index in [0.29, 0.717) is 5.92 Å². The molecule has 1 aliphatic rings. The minimum atomic E-state index is 0.716. The monoisotopic (exact) mass is 267 g/mol. The number of nitrogens with zero attached hydrogens (tertiary/aromatic N) is 1. The maximum atomic E-state index is 6.25. The van der Waals surface area contributed by atoms with Gasteiger partial charge >= 0.3 is 0 Å². The van der Waals surface area contributed by atoms with Crippen molar-refractivity contribution in [3.63, 3.8) is 0 Å². The number of hydrogen-bond acceptors (Lipinski definition) is 3. The van der Waals surface area contributed by atoms with Gasteiger partial charge in [-0.3, -0.25) is 0 Å². The van der Waals surface area contributed by atoms with Gasteiger partial charge in [-0.2, -0.15) is 0 Å². The van der Waals surface area contributed by atoms with Gasteiger partial charge in [0.2, 0.25) is 0 Å². The van der Waals surface area contributed by atoms with Gasteiger partial charge in [-0.05, 0) is 44.0 Å². The first-order valence-electron chi connectivity index (χ1n) is 6.59. The summed E-state index contributed by atoms with van der Waals surface area (Å²) < 4.78 is 0. The van der Waals surface area contributed by atoms with E-state index in [2.05, 4.69) is 21.6 Å². The fraction of sp³-hybridized carbons (Fsp3) is 0.571. The van der Waals surface area contributed by atoms with Gasteiger partial charge in [0.05, 0.1) is 16.4 Å². The summed E-state index contributed by atoms with van der Waals surface area (Å²) in [7, 11) is 4.04. The van der Waals surface area contributed by atoms with E-state index in [9.17, 15) is 0 Å². The van der Waals surface area contributed by atoms with Crippen LogP contribution in [-0.4, -0.2) is 33.7 Å². The van der Waals surface area contributed by atoms with Gasteiger partial charge in [0.15, 0.2) is 0 Å². The summed E-state index contributed by atoms with van der Waals surface area (Å²) >= 11 is 6.25. The van der Waals surface area contributed by atoms with Crippen molar-refractivity contribution >= 4 is 23.0 Å². The van der Waals surface area contributed by atoms with Crippen LogP contribution in [0.15, 0.2) is 18.2 Å². The fourth-order valence-electron chi connectivity index (χ4n) is 2.47.